The minimum Gasteiger partial charge on any atom is -0.497 e. The Morgan fingerprint density at radius 3 is 2.96 bits per heavy atom. The summed E-state index contributed by atoms with van der Waals surface area (Å²) in [6.45, 7) is 1.18. The van der Waals surface area contributed by atoms with Crippen molar-refractivity contribution in [2.45, 2.75) is 56.7 Å². The summed E-state index contributed by atoms with van der Waals surface area (Å²) in [7, 11) is 1.67. The Bertz CT molecular complexity index is 711. The first-order chi connectivity index (χ1) is 12.2. The van der Waals surface area contributed by atoms with Crippen molar-refractivity contribution in [1.82, 2.24) is 15.0 Å². The Morgan fingerprint density at radius 1 is 1.32 bits per heavy atom. The predicted molar refractivity (Wildman–Crippen MR) is 92.3 cm³/mol. The number of rotatable bonds is 5. The molecule has 6 heteroatoms. The molecule has 0 amide bonds. The molecule has 2 heterocycles. The van der Waals surface area contributed by atoms with Gasteiger partial charge in [0.15, 0.2) is 5.82 Å². The molecule has 1 aromatic heterocycles. The van der Waals surface area contributed by atoms with Crippen molar-refractivity contribution in [1.29, 1.82) is 0 Å². The molecule has 1 saturated heterocycles. The fourth-order valence-electron chi connectivity index (χ4n) is 4.11. The number of hydrogen-bond acceptors (Lipinski definition) is 6. The van der Waals surface area contributed by atoms with Crippen molar-refractivity contribution in [3.8, 4) is 5.75 Å². The van der Waals surface area contributed by atoms with Gasteiger partial charge in [-0.2, -0.15) is 4.98 Å². The Balaban J connectivity index is 1.50. The molecule has 4 rings (SSSR count). The third kappa shape index (κ3) is 3.55. The highest BCUT2D eigenvalue weighted by Crippen LogP contribution is 2.35. The van der Waals surface area contributed by atoms with Crippen molar-refractivity contribution in [2.24, 2.45) is 0 Å². The van der Waals surface area contributed by atoms with Crippen LogP contribution in [0.5, 0.6) is 5.75 Å². The van der Waals surface area contributed by atoms with Crippen LogP contribution in [0, 0.1) is 0 Å². The second-order valence-electron chi connectivity index (χ2n) is 7.14. The molecular weight excluding hydrogens is 318 g/mol. The van der Waals surface area contributed by atoms with Gasteiger partial charge < -0.3 is 14.4 Å². The number of aromatic nitrogens is 2. The maximum absolute atomic E-state index is 10.2. The third-order valence-corrected chi connectivity index (χ3v) is 5.40. The summed E-state index contributed by atoms with van der Waals surface area (Å²) in [5.41, 5.74) is 1.14. The first-order valence-electron chi connectivity index (χ1n) is 9.11. The molecule has 2 aromatic rings. The normalized spacial score (nSPS) is 24.9. The van der Waals surface area contributed by atoms with Crippen LogP contribution in [-0.4, -0.2) is 39.9 Å². The lowest BCUT2D eigenvalue weighted by Gasteiger charge is -2.23. The van der Waals surface area contributed by atoms with Gasteiger partial charge in [-0.15, -0.1) is 0 Å². The first kappa shape index (κ1) is 16.5. The molecule has 134 valence electrons. The summed E-state index contributed by atoms with van der Waals surface area (Å²) in [5.74, 6) is 2.78. The molecule has 0 radical (unpaired) electrons. The Hall–Kier alpha value is -1.92. The number of benzene rings is 1. The molecule has 1 aromatic carbocycles. The van der Waals surface area contributed by atoms with Crippen molar-refractivity contribution in [3.63, 3.8) is 0 Å². The van der Waals surface area contributed by atoms with Crippen molar-refractivity contribution in [2.75, 3.05) is 13.7 Å². The van der Waals surface area contributed by atoms with Crippen LogP contribution in [0.1, 0.15) is 61.3 Å². The summed E-state index contributed by atoms with van der Waals surface area (Å²) in [6, 6.07) is 8.17. The smallest absolute Gasteiger partial charge is 0.240 e. The molecule has 0 unspecified atom stereocenters. The van der Waals surface area contributed by atoms with Crippen molar-refractivity contribution < 1.29 is 14.4 Å². The number of β-amino-alcohol motifs (C(OH)–C–C–N with tert-alkyl or cyclic N) is 1. The van der Waals surface area contributed by atoms with E-state index in [2.05, 4.69) is 21.1 Å². The lowest BCUT2D eigenvalue weighted by molar-refractivity contribution is 0.164. The summed E-state index contributed by atoms with van der Waals surface area (Å²) in [4.78, 5) is 6.83. The van der Waals surface area contributed by atoms with Gasteiger partial charge >= 0.3 is 0 Å². The van der Waals surface area contributed by atoms with Gasteiger partial charge in [-0.25, -0.2) is 0 Å². The molecule has 0 spiro atoms. The maximum atomic E-state index is 10.2. The van der Waals surface area contributed by atoms with Gasteiger partial charge in [-0.05, 0) is 37.0 Å². The lowest BCUT2D eigenvalue weighted by Crippen LogP contribution is -2.24. The number of hydrogen-bond donors (Lipinski definition) is 1. The Labute approximate surface area is 147 Å². The molecule has 0 bridgehead atoms. The second kappa shape index (κ2) is 7.14. The highest BCUT2D eigenvalue weighted by Gasteiger charge is 2.33. The van der Waals surface area contributed by atoms with Gasteiger partial charge in [-0.1, -0.05) is 30.1 Å². The van der Waals surface area contributed by atoms with E-state index in [9.17, 15) is 5.11 Å². The summed E-state index contributed by atoms with van der Waals surface area (Å²) < 4.78 is 10.8. The number of aliphatic hydroxyl groups is 1. The van der Waals surface area contributed by atoms with E-state index in [0.29, 0.717) is 31.3 Å². The number of ether oxygens (including phenoxy) is 1. The van der Waals surface area contributed by atoms with Crippen LogP contribution >= 0.6 is 0 Å². The van der Waals surface area contributed by atoms with Gasteiger partial charge in [0.25, 0.3) is 0 Å². The maximum Gasteiger partial charge on any atom is 0.240 e. The third-order valence-electron chi connectivity index (χ3n) is 5.40. The number of aliphatic hydroxyl groups excluding tert-OH is 1. The van der Waals surface area contributed by atoms with Crippen LogP contribution in [0.3, 0.4) is 0 Å². The van der Waals surface area contributed by atoms with Gasteiger partial charge in [0.1, 0.15) is 5.75 Å². The zero-order valence-electron chi connectivity index (χ0n) is 14.6. The van der Waals surface area contributed by atoms with Crippen LogP contribution in [0.15, 0.2) is 28.8 Å². The molecule has 25 heavy (non-hydrogen) atoms. The predicted octanol–water partition coefficient (Wildman–Crippen LogP) is 3.04. The van der Waals surface area contributed by atoms with E-state index in [-0.39, 0.29) is 12.1 Å². The molecule has 2 aliphatic rings. The molecule has 1 N–H and O–H groups in total. The van der Waals surface area contributed by atoms with Gasteiger partial charge in [0.05, 0.1) is 19.8 Å². The van der Waals surface area contributed by atoms with Crippen LogP contribution < -0.4 is 4.74 Å². The molecule has 2 fully saturated rings. The number of methoxy groups -OCH3 is 1. The van der Waals surface area contributed by atoms with E-state index in [0.717, 1.165) is 30.0 Å². The minimum atomic E-state index is -0.339. The van der Waals surface area contributed by atoms with Crippen LogP contribution in [0.2, 0.25) is 0 Å². The monoisotopic (exact) mass is 343 g/mol. The molecule has 1 aliphatic carbocycles. The van der Waals surface area contributed by atoms with E-state index < -0.39 is 0 Å². The van der Waals surface area contributed by atoms with E-state index in [1.165, 1.54) is 12.8 Å². The quantitative estimate of drug-likeness (QED) is 0.900. The molecule has 2 atom stereocenters. The van der Waals surface area contributed by atoms with Crippen LogP contribution in [0.25, 0.3) is 0 Å². The molecule has 1 saturated carbocycles. The van der Waals surface area contributed by atoms with Crippen LogP contribution in [0.4, 0.5) is 0 Å². The average molecular weight is 343 g/mol. The van der Waals surface area contributed by atoms with Crippen LogP contribution in [-0.2, 0) is 6.54 Å². The van der Waals surface area contributed by atoms with E-state index >= 15 is 0 Å². The number of nitrogens with zero attached hydrogens (tertiary/aromatic N) is 3. The van der Waals surface area contributed by atoms with Crippen molar-refractivity contribution in [3.05, 3.63) is 41.5 Å². The van der Waals surface area contributed by atoms with Gasteiger partial charge in [0.2, 0.25) is 5.89 Å². The average Bonchev–Trinajstić information content (AvgIpc) is 3.36. The van der Waals surface area contributed by atoms with E-state index in [1.807, 2.05) is 18.2 Å². The minimum absolute atomic E-state index is 0.131. The summed E-state index contributed by atoms with van der Waals surface area (Å²) >= 11 is 0. The summed E-state index contributed by atoms with van der Waals surface area (Å²) in [5, 5.41) is 14.4. The highest BCUT2D eigenvalue weighted by atomic mass is 16.5. The standard InChI is InChI=1S/C19H25N3O3/c1-24-16-8-4-7-14(9-16)17-10-15(23)11-22(17)12-18-20-19(21-25-18)13-5-2-3-6-13/h4,7-9,13,15,17,23H,2-3,5-6,10-12H2,1H3/t15-,17+/m1/s1. The zero-order valence-corrected chi connectivity index (χ0v) is 14.6. The SMILES string of the molecule is COc1cccc([C@@H]2C[C@@H](O)CN2Cc2nc(C3CCCC3)no2)c1. The van der Waals surface area contributed by atoms with Gasteiger partial charge in [0, 0.05) is 18.5 Å². The van der Waals surface area contributed by atoms with E-state index in [4.69, 9.17) is 9.26 Å². The zero-order chi connectivity index (χ0) is 17.2. The second-order valence-corrected chi connectivity index (χ2v) is 7.14. The fraction of sp³-hybridized carbons (Fsp3) is 0.579. The molecular formula is C19H25N3O3. The largest absolute Gasteiger partial charge is 0.497 e. The first-order valence-corrected chi connectivity index (χ1v) is 9.11. The Kier molecular flexibility index (Phi) is 4.72. The lowest BCUT2D eigenvalue weighted by atomic mass is 10.0. The molecule has 1 aliphatic heterocycles. The van der Waals surface area contributed by atoms with Crippen molar-refractivity contribution >= 4 is 0 Å². The highest BCUT2D eigenvalue weighted by molar-refractivity contribution is 5.31. The summed E-state index contributed by atoms with van der Waals surface area (Å²) in [6.07, 6.45) is 5.20. The Morgan fingerprint density at radius 2 is 2.16 bits per heavy atom. The topological polar surface area (TPSA) is 71.6 Å². The van der Waals surface area contributed by atoms with Gasteiger partial charge in [-0.3, -0.25) is 4.90 Å². The molecule has 6 nitrogen and oxygen atoms in total. The fourth-order valence-corrected chi connectivity index (χ4v) is 4.11. The number of likely N-dealkylation sites (tertiary alicyclic amines) is 1. The van der Waals surface area contributed by atoms with E-state index in [1.54, 1.807) is 7.11 Å².